The Bertz CT molecular complexity index is 573. The first-order valence-corrected chi connectivity index (χ1v) is 9.21. The van der Waals surface area contributed by atoms with Gasteiger partial charge in [0.05, 0.1) is 0 Å². The highest BCUT2D eigenvalue weighted by atomic mass is 16.7. The molecule has 0 aromatic heterocycles. The molecule has 0 atom stereocenters. The molecule has 10 heteroatoms. The molecule has 2 saturated heterocycles. The Hall–Kier alpha value is -2.52. The zero-order valence-electron chi connectivity index (χ0n) is 15.9. The van der Waals surface area contributed by atoms with E-state index in [-0.39, 0.29) is 38.6 Å². The van der Waals surface area contributed by atoms with Gasteiger partial charge in [-0.15, -0.1) is 0 Å². The SMILES string of the molecule is CC1(C(=O)OC2CCC(OC(=O)C3(C)COC(=O)OC3)CC2)COC(=O)OC1. The highest BCUT2D eigenvalue weighted by Crippen LogP contribution is 2.31. The molecule has 10 nitrogen and oxygen atoms in total. The molecule has 0 unspecified atom stereocenters. The van der Waals surface area contributed by atoms with Gasteiger partial charge in [-0.1, -0.05) is 0 Å². The van der Waals surface area contributed by atoms with Crippen molar-refractivity contribution in [1.29, 1.82) is 0 Å². The van der Waals surface area contributed by atoms with Gasteiger partial charge in [-0.3, -0.25) is 9.59 Å². The van der Waals surface area contributed by atoms with Gasteiger partial charge in [0, 0.05) is 0 Å². The van der Waals surface area contributed by atoms with Crippen LogP contribution in [0.2, 0.25) is 0 Å². The third-order valence-corrected chi connectivity index (χ3v) is 5.19. The van der Waals surface area contributed by atoms with E-state index in [2.05, 4.69) is 0 Å². The van der Waals surface area contributed by atoms with Gasteiger partial charge in [0.2, 0.25) is 0 Å². The van der Waals surface area contributed by atoms with Crippen LogP contribution in [-0.2, 0) is 38.0 Å². The van der Waals surface area contributed by atoms with E-state index < -0.39 is 35.1 Å². The predicted molar refractivity (Wildman–Crippen MR) is 89.0 cm³/mol. The van der Waals surface area contributed by atoms with Crippen molar-refractivity contribution in [3.63, 3.8) is 0 Å². The Kier molecular flexibility index (Phi) is 5.66. The number of hydrogen-bond acceptors (Lipinski definition) is 10. The van der Waals surface area contributed by atoms with Crippen molar-refractivity contribution in [2.45, 2.75) is 51.7 Å². The molecule has 0 N–H and O–H groups in total. The molecule has 0 aromatic rings. The molecule has 3 rings (SSSR count). The molecule has 0 amide bonds. The fourth-order valence-corrected chi connectivity index (χ4v) is 3.13. The van der Waals surface area contributed by atoms with Gasteiger partial charge in [-0.05, 0) is 39.5 Å². The molecule has 0 spiro atoms. The summed E-state index contributed by atoms with van der Waals surface area (Å²) in [5, 5.41) is 0. The summed E-state index contributed by atoms with van der Waals surface area (Å²) in [6, 6.07) is 0. The summed E-state index contributed by atoms with van der Waals surface area (Å²) in [4.78, 5) is 46.7. The van der Waals surface area contributed by atoms with Crippen molar-refractivity contribution in [1.82, 2.24) is 0 Å². The van der Waals surface area contributed by atoms with Crippen molar-refractivity contribution >= 4 is 24.2 Å². The lowest BCUT2D eigenvalue weighted by Crippen LogP contribution is -2.46. The van der Waals surface area contributed by atoms with E-state index in [9.17, 15) is 19.2 Å². The molecule has 0 aromatic carbocycles. The van der Waals surface area contributed by atoms with Crippen molar-refractivity contribution in [3.8, 4) is 0 Å². The van der Waals surface area contributed by atoms with E-state index in [0.717, 1.165) is 0 Å². The largest absolute Gasteiger partial charge is 0.508 e. The third-order valence-electron chi connectivity index (χ3n) is 5.19. The maximum Gasteiger partial charge on any atom is 0.508 e. The van der Waals surface area contributed by atoms with Crippen LogP contribution in [0.25, 0.3) is 0 Å². The van der Waals surface area contributed by atoms with Crippen LogP contribution in [0.15, 0.2) is 0 Å². The molecule has 3 fully saturated rings. The first-order valence-electron chi connectivity index (χ1n) is 9.21. The minimum atomic E-state index is -1.02. The monoisotopic (exact) mass is 400 g/mol. The Morgan fingerprint density at radius 1 is 0.714 bits per heavy atom. The number of esters is 2. The number of ether oxygens (including phenoxy) is 6. The third kappa shape index (κ3) is 4.48. The van der Waals surface area contributed by atoms with Crippen molar-refractivity contribution in [3.05, 3.63) is 0 Å². The van der Waals surface area contributed by atoms with Crippen LogP contribution in [0.3, 0.4) is 0 Å². The van der Waals surface area contributed by atoms with Gasteiger partial charge in [0.25, 0.3) is 0 Å². The van der Waals surface area contributed by atoms with Crippen molar-refractivity contribution in [2.24, 2.45) is 10.8 Å². The fourth-order valence-electron chi connectivity index (χ4n) is 3.13. The van der Waals surface area contributed by atoms with Crippen molar-refractivity contribution < 1.29 is 47.6 Å². The van der Waals surface area contributed by atoms with Gasteiger partial charge >= 0.3 is 24.2 Å². The molecular formula is C18H24O10. The Morgan fingerprint density at radius 2 is 1.00 bits per heavy atom. The molecule has 1 saturated carbocycles. The molecule has 0 bridgehead atoms. The van der Waals surface area contributed by atoms with Crippen LogP contribution in [0.5, 0.6) is 0 Å². The summed E-state index contributed by atoms with van der Waals surface area (Å²) < 4.78 is 30.2. The normalized spacial score (nSPS) is 28.6. The molecule has 156 valence electrons. The standard InChI is InChI=1S/C18H24O10/c1-17(7-23-15(21)24-8-17)13(19)27-11-3-5-12(6-4-11)28-14(20)18(2)9-25-16(22)26-10-18/h11-12H,3-10H2,1-2H3. The summed E-state index contributed by atoms with van der Waals surface area (Å²) in [6.45, 7) is 2.92. The van der Waals surface area contributed by atoms with Crippen LogP contribution in [0.4, 0.5) is 9.59 Å². The number of rotatable bonds is 4. The molecule has 2 aliphatic heterocycles. The smallest absolute Gasteiger partial charge is 0.462 e. The maximum absolute atomic E-state index is 12.4. The summed E-state index contributed by atoms with van der Waals surface area (Å²) in [7, 11) is 0. The first kappa shape index (κ1) is 20.2. The van der Waals surface area contributed by atoms with Crippen LogP contribution in [0.1, 0.15) is 39.5 Å². The van der Waals surface area contributed by atoms with Gasteiger partial charge in [0.1, 0.15) is 49.5 Å². The molecular weight excluding hydrogens is 376 g/mol. The number of carbonyl (C=O) groups excluding carboxylic acids is 4. The second-order valence-corrected chi connectivity index (χ2v) is 7.99. The van der Waals surface area contributed by atoms with Crippen LogP contribution in [0, 0.1) is 10.8 Å². The highest BCUT2D eigenvalue weighted by Gasteiger charge is 2.45. The minimum Gasteiger partial charge on any atom is -0.462 e. The van der Waals surface area contributed by atoms with Crippen LogP contribution < -0.4 is 0 Å². The number of carbonyl (C=O) groups is 4. The number of cyclic esters (lactones) is 4. The highest BCUT2D eigenvalue weighted by molar-refractivity contribution is 5.79. The zero-order valence-corrected chi connectivity index (χ0v) is 15.9. The molecule has 3 aliphatic rings. The molecule has 28 heavy (non-hydrogen) atoms. The lowest BCUT2D eigenvalue weighted by molar-refractivity contribution is -0.180. The van der Waals surface area contributed by atoms with Crippen LogP contribution in [-0.4, -0.2) is 62.9 Å². The fraction of sp³-hybridized carbons (Fsp3) is 0.778. The maximum atomic E-state index is 12.4. The van der Waals surface area contributed by atoms with Gasteiger partial charge in [-0.25, -0.2) is 9.59 Å². The second-order valence-electron chi connectivity index (χ2n) is 7.99. The van der Waals surface area contributed by atoms with E-state index in [1.807, 2.05) is 0 Å². The van der Waals surface area contributed by atoms with Crippen LogP contribution >= 0.6 is 0 Å². The number of hydrogen-bond donors (Lipinski definition) is 0. The summed E-state index contributed by atoms with van der Waals surface area (Å²) >= 11 is 0. The molecule has 2 heterocycles. The molecule has 1 aliphatic carbocycles. The first-order chi connectivity index (χ1) is 13.2. The van der Waals surface area contributed by atoms with E-state index >= 15 is 0 Å². The lowest BCUT2D eigenvalue weighted by Gasteiger charge is -2.35. The summed E-state index contributed by atoms with van der Waals surface area (Å²) in [6.07, 6.45) is -0.00651. The van der Waals surface area contributed by atoms with Crippen molar-refractivity contribution in [2.75, 3.05) is 26.4 Å². The quantitative estimate of drug-likeness (QED) is 0.509. The summed E-state index contributed by atoms with van der Waals surface area (Å²) in [5.74, 6) is -0.955. The van der Waals surface area contributed by atoms with Gasteiger partial charge in [0.15, 0.2) is 0 Å². The molecule has 0 radical (unpaired) electrons. The lowest BCUT2D eigenvalue weighted by atomic mass is 9.90. The van der Waals surface area contributed by atoms with E-state index in [1.165, 1.54) is 0 Å². The topological polar surface area (TPSA) is 124 Å². The zero-order chi connectivity index (χ0) is 20.4. The Balaban J connectivity index is 1.43. The van der Waals surface area contributed by atoms with E-state index in [0.29, 0.717) is 25.7 Å². The van der Waals surface area contributed by atoms with Gasteiger partial charge in [-0.2, -0.15) is 0 Å². The predicted octanol–water partition coefficient (Wildman–Crippen LogP) is 1.73. The van der Waals surface area contributed by atoms with Gasteiger partial charge < -0.3 is 28.4 Å². The van der Waals surface area contributed by atoms with E-state index in [4.69, 9.17) is 28.4 Å². The average Bonchev–Trinajstić information content (AvgIpc) is 2.68. The Labute approximate surface area is 161 Å². The minimum absolute atomic E-state index is 0.0805. The second kappa shape index (κ2) is 7.84. The summed E-state index contributed by atoms with van der Waals surface area (Å²) in [5.41, 5.74) is -2.05. The average molecular weight is 400 g/mol. The Morgan fingerprint density at radius 3 is 1.29 bits per heavy atom. The van der Waals surface area contributed by atoms with E-state index in [1.54, 1.807) is 13.8 Å².